The Morgan fingerprint density at radius 2 is 2.05 bits per heavy atom. The second-order valence-corrected chi connectivity index (χ2v) is 4.96. The summed E-state index contributed by atoms with van der Waals surface area (Å²) in [7, 11) is 1.49. The van der Waals surface area contributed by atoms with E-state index in [0.717, 1.165) is 4.90 Å². The van der Waals surface area contributed by atoms with E-state index in [2.05, 4.69) is 5.32 Å². The quantitative estimate of drug-likeness (QED) is 0.613. The first-order chi connectivity index (χ1) is 9.31. The van der Waals surface area contributed by atoms with Crippen LogP contribution in [0, 0.1) is 5.92 Å². The van der Waals surface area contributed by atoms with Crippen LogP contribution in [0.2, 0.25) is 0 Å². The average molecular weight is 285 g/mol. The van der Waals surface area contributed by atoms with Gasteiger partial charge in [-0.05, 0) is 12.3 Å². The largest absolute Gasteiger partial charge is 0.481 e. The van der Waals surface area contributed by atoms with E-state index in [1.807, 2.05) is 6.92 Å². The van der Waals surface area contributed by atoms with Crippen molar-refractivity contribution in [1.29, 1.82) is 0 Å². The first kappa shape index (κ1) is 15.9. The summed E-state index contributed by atoms with van der Waals surface area (Å²) in [6.07, 6.45) is 0.505. The summed E-state index contributed by atoms with van der Waals surface area (Å²) >= 11 is 0. The number of likely N-dealkylation sites (N-methyl/N-ethyl adjacent to an activating group) is 1. The topological polar surface area (TPSA) is 107 Å². The summed E-state index contributed by atoms with van der Waals surface area (Å²) in [6.45, 7) is 1.83. The fourth-order valence-corrected chi connectivity index (χ4v) is 1.78. The zero-order chi connectivity index (χ0) is 15.3. The van der Waals surface area contributed by atoms with Gasteiger partial charge in [-0.25, -0.2) is 4.79 Å². The molecule has 20 heavy (non-hydrogen) atoms. The smallest absolute Gasteiger partial charge is 0.327 e. The average Bonchev–Trinajstić information content (AvgIpc) is 2.60. The lowest BCUT2D eigenvalue weighted by Gasteiger charge is -2.15. The van der Waals surface area contributed by atoms with Crippen LogP contribution in [0.4, 0.5) is 4.79 Å². The molecule has 1 aliphatic heterocycles. The van der Waals surface area contributed by atoms with E-state index in [9.17, 15) is 19.2 Å². The lowest BCUT2D eigenvalue weighted by molar-refractivity contribution is -0.137. The highest BCUT2D eigenvalue weighted by molar-refractivity contribution is 6.04. The van der Waals surface area contributed by atoms with E-state index in [1.54, 1.807) is 0 Å². The molecule has 1 rings (SSSR count). The molecule has 0 radical (unpaired) electrons. The number of imide groups is 1. The third-order valence-corrected chi connectivity index (χ3v) is 3.03. The molecule has 0 spiro atoms. The molecule has 0 aromatic carbocycles. The van der Waals surface area contributed by atoms with Gasteiger partial charge >= 0.3 is 12.0 Å². The molecule has 1 saturated heterocycles. The molecule has 8 heteroatoms. The molecule has 0 bridgehead atoms. The molecular weight excluding hydrogens is 266 g/mol. The monoisotopic (exact) mass is 285 g/mol. The van der Waals surface area contributed by atoms with E-state index in [1.165, 1.54) is 11.9 Å². The Labute approximate surface area is 116 Å². The zero-order valence-electron chi connectivity index (χ0n) is 11.6. The summed E-state index contributed by atoms with van der Waals surface area (Å²) in [5, 5.41) is 11.1. The SMILES string of the molecule is CC(CCC(=O)O)CNC(=O)CN1C(=O)CN(C)C1=O. The van der Waals surface area contributed by atoms with Crippen LogP contribution in [0.1, 0.15) is 19.8 Å². The number of carbonyl (C=O) groups excluding carboxylic acids is 3. The highest BCUT2D eigenvalue weighted by atomic mass is 16.4. The summed E-state index contributed by atoms with van der Waals surface area (Å²) in [6, 6.07) is -0.482. The van der Waals surface area contributed by atoms with Gasteiger partial charge in [0.05, 0.1) is 0 Å². The van der Waals surface area contributed by atoms with Crippen LogP contribution in [0.25, 0.3) is 0 Å². The van der Waals surface area contributed by atoms with Gasteiger partial charge in [0.2, 0.25) is 5.91 Å². The van der Waals surface area contributed by atoms with E-state index in [-0.39, 0.29) is 25.4 Å². The second kappa shape index (κ2) is 6.88. The van der Waals surface area contributed by atoms with Crippen molar-refractivity contribution in [2.45, 2.75) is 19.8 Å². The minimum Gasteiger partial charge on any atom is -0.481 e. The van der Waals surface area contributed by atoms with Crippen molar-refractivity contribution in [2.75, 3.05) is 26.7 Å². The molecule has 1 fully saturated rings. The van der Waals surface area contributed by atoms with Crippen molar-refractivity contribution < 1.29 is 24.3 Å². The summed E-state index contributed by atoms with van der Waals surface area (Å²) in [4.78, 5) is 47.2. The zero-order valence-corrected chi connectivity index (χ0v) is 11.6. The van der Waals surface area contributed by atoms with Gasteiger partial charge in [0.15, 0.2) is 0 Å². The lowest BCUT2D eigenvalue weighted by atomic mass is 10.1. The molecule has 1 heterocycles. The Kier molecular flexibility index (Phi) is 5.48. The third-order valence-electron chi connectivity index (χ3n) is 3.03. The van der Waals surface area contributed by atoms with Gasteiger partial charge in [0, 0.05) is 20.0 Å². The maximum atomic E-state index is 11.6. The van der Waals surface area contributed by atoms with Crippen molar-refractivity contribution in [3.63, 3.8) is 0 Å². The van der Waals surface area contributed by atoms with Gasteiger partial charge in [-0.15, -0.1) is 0 Å². The van der Waals surface area contributed by atoms with E-state index in [0.29, 0.717) is 13.0 Å². The summed E-state index contributed by atoms with van der Waals surface area (Å²) in [5.74, 6) is -1.68. The van der Waals surface area contributed by atoms with Crippen molar-refractivity contribution in [2.24, 2.45) is 5.92 Å². The molecular formula is C12H19N3O5. The van der Waals surface area contributed by atoms with E-state index < -0.39 is 23.8 Å². The maximum absolute atomic E-state index is 11.6. The Morgan fingerprint density at radius 3 is 2.55 bits per heavy atom. The molecule has 0 aromatic rings. The van der Waals surface area contributed by atoms with Crippen LogP contribution in [0.3, 0.4) is 0 Å². The third kappa shape index (κ3) is 4.52. The molecule has 0 saturated carbocycles. The molecule has 1 atom stereocenters. The van der Waals surface area contributed by atoms with Gasteiger partial charge in [-0.3, -0.25) is 19.3 Å². The van der Waals surface area contributed by atoms with E-state index in [4.69, 9.17) is 5.11 Å². The summed E-state index contributed by atoms with van der Waals surface area (Å²) < 4.78 is 0. The fraction of sp³-hybridized carbons (Fsp3) is 0.667. The maximum Gasteiger partial charge on any atom is 0.327 e. The van der Waals surface area contributed by atoms with E-state index >= 15 is 0 Å². The van der Waals surface area contributed by atoms with Gasteiger partial charge in [0.1, 0.15) is 13.1 Å². The van der Waals surface area contributed by atoms with Crippen LogP contribution in [-0.4, -0.2) is 65.4 Å². The van der Waals surface area contributed by atoms with Gasteiger partial charge in [-0.1, -0.05) is 6.92 Å². The number of aliphatic carboxylic acids is 1. The number of carbonyl (C=O) groups is 4. The van der Waals surface area contributed by atoms with Gasteiger partial charge in [-0.2, -0.15) is 0 Å². The number of rotatable bonds is 7. The molecule has 1 unspecified atom stereocenters. The van der Waals surface area contributed by atoms with Crippen LogP contribution in [0.5, 0.6) is 0 Å². The number of urea groups is 1. The van der Waals surface area contributed by atoms with Gasteiger partial charge in [0.25, 0.3) is 5.91 Å². The number of nitrogens with zero attached hydrogens (tertiary/aromatic N) is 2. The standard InChI is InChI=1S/C12H19N3O5/c1-8(3-4-11(18)19)5-13-9(16)6-15-10(17)7-14(2)12(15)20/h8H,3-7H2,1-2H3,(H,13,16)(H,18,19). The first-order valence-electron chi connectivity index (χ1n) is 6.35. The van der Waals surface area contributed by atoms with Crippen LogP contribution < -0.4 is 5.32 Å². The second-order valence-electron chi connectivity index (χ2n) is 4.96. The minimum absolute atomic E-state index is 0.0128. The Bertz CT molecular complexity index is 423. The van der Waals surface area contributed by atoms with Crippen molar-refractivity contribution in [3.8, 4) is 0 Å². The highest BCUT2D eigenvalue weighted by Crippen LogP contribution is 2.07. The fourth-order valence-electron chi connectivity index (χ4n) is 1.78. The van der Waals surface area contributed by atoms with Gasteiger partial charge < -0.3 is 15.3 Å². The number of nitrogens with one attached hydrogen (secondary N) is 1. The van der Waals surface area contributed by atoms with Crippen LogP contribution in [-0.2, 0) is 14.4 Å². The molecule has 0 aliphatic carbocycles. The van der Waals surface area contributed by atoms with Crippen LogP contribution in [0.15, 0.2) is 0 Å². The first-order valence-corrected chi connectivity index (χ1v) is 6.35. The molecule has 8 nitrogen and oxygen atoms in total. The normalized spacial score (nSPS) is 16.5. The number of hydrogen-bond acceptors (Lipinski definition) is 4. The lowest BCUT2D eigenvalue weighted by Crippen LogP contribution is -2.42. The Morgan fingerprint density at radius 1 is 1.40 bits per heavy atom. The molecule has 0 aromatic heterocycles. The molecule has 2 N–H and O–H groups in total. The summed E-state index contributed by atoms with van der Waals surface area (Å²) in [5.41, 5.74) is 0. The Balaban J connectivity index is 2.32. The van der Waals surface area contributed by atoms with Crippen LogP contribution >= 0.6 is 0 Å². The molecule has 112 valence electrons. The molecule has 4 amide bonds. The predicted molar refractivity (Wildman–Crippen MR) is 68.8 cm³/mol. The van der Waals surface area contributed by atoms with Crippen molar-refractivity contribution in [1.82, 2.24) is 15.1 Å². The number of amides is 4. The highest BCUT2D eigenvalue weighted by Gasteiger charge is 2.34. The predicted octanol–water partition coefficient (Wildman–Crippen LogP) is -0.502. The Hall–Kier alpha value is -2.12. The number of carboxylic acid groups (broad SMARTS) is 1. The van der Waals surface area contributed by atoms with Crippen molar-refractivity contribution in [3.05, 3.63) is 0 Å². The number of hydrogen-bond donors (Lipinski definition) is 2. The van der Waals surface area contributed by atoms with Crippen molar-refractivity contribution >= 4 is 23.8 Å². The number of carboxylic acids is 1. The molecule has 1 aliphatic rings. The minimum atomic E-state index is -0.875.